The van der Waals surface area contributed by atoms with Crippen LogP contribution in [0.5, 0.6) is 5.75 Å². The fraction of sp³-hybridized carbons (Fsp3) is 0.217. The van der Waals surface area contributed by atoms with Gasteiger partial charge in [-0.1, -0.05) is 24.3 Å². The first kappa shape index (κ1) is 19.8. The van der Waals surface area contributed by atoms with Crippen LogP contribution in [0.2, 0.25) is 0 Å². The molecule has 3 N–H and O–H groups in total. The summed E-state index contributed by atoms with van der Waals surface area (Å²) >= 11 is 0. The number of nitrogens with one attached hydrogen (secondary N) is 2. The van der Waals surface area contributed by atoms with Crippen LogP contribution in [0.25, 0.3) is 11.1 Å². The minimum absolute atomic E-state index is 0.00725. The number of fused-ring (bicyclic) bond motifs is 1. The van der Waals surface area contributed by atoms with Crippen molar-refractivity contribution in [1.82, 2.24) is 10.3 Å². The lowest BCUT2D eigenvalue weighted by Crippen LogP contribution is -2.34. The number of hydrogen-bond donors (Lipinski definition) is 3. The minimum atomic E-state index is -1.000. The standard InChI is InChI=1S/C23H22FN3O3/c1-30-21-4-2-3-18(24)22(21)15-5-6-16-14(11-15)7-10-26-20(16)13-27-19-12-25-9-8-17(19)23(28)29/h2-6,8-9,11-12,20,26-27H,7,10,13H2,1H3,(H,28,29)/t20-/m1/s1. The Morgan fingerprint density at radius 2 is 2.20 bits per heavy atom. The predicted octanol–water partition coefficient (Wildman–Crippen LogP) is 3.89. The zero-order valence-electron chi connectivity index (χ0n) is 16.5. The molecule has 0 bridgehead atoms. The Morgan fingerprint density at radius 3 is 3.00 bits per heavy atom. The molecule has 1 aliphatic rings. The van der Waals surface area contributed by atoms with Crippen LogP contribution in [0, 0.1) is 5.82 Å². The van der Waals surface area contributed by atoms with Gasteiger partial charge in [0.05, 0.1) is 30.1 Å². The van der Waals surface area contributed by atoms with E-state index in [0.29, 0.717) is 23.5 Å². The highest BCUT2D eigenvalue weighted by atomic mass is 19.1. The van der Waals surface area contributed by atoms with Crippen molar-refractivity contribution in [3.8, 4) is 16.9 Å². The number of rotatable bonds is 6. The third kappa shape index (κ3) is 3.84. The first-order chi connectivity index (χ1) is 14.6. The van der Waals surface area contributed by atoms with Crippen molar-refractivity contribution >= 4 is 11.7 Å². The maximum Gasteiger partial charge on any atom is 0.337 e. The highest BCUT2D eigenvalue weighted by Crippen LogP contribution is 2.35. The molecule has 1 atom stereocenters. The molecular weight excluding hydrogens is 385 g/mol. The predicted molar refractivity (Wildman–Crippen MR) is 113 cm³/mol. The maximum atomic E-state index is 14.5. The number of aromatic carboxylic acids is 1. The second kappa shape index (κ2) is 8.51. The summed E-state index contributed by atoms with van der Waals surface area (Å²) in [5.74, 6) is -0.820. The van der Waals surface area contributed by atoms with E-state index in [0.717, 1.165) is 29.7 Å². The summed E-state index contributed by atoms with van der Waals surface area (Å²) in [6.45, 7) is 1.28. The number of halogens is 1. The van der Waals surface area contributed by atoms with E-state index in [1.807, 2.05) is 18.2 Å². The number of methoxy groups -OCH3 is 1. The van der Waals surface area contributed by atoms with Gasteiger partial charge in [-0.3, -0.25) is 4.98 Å². The van der Waals surface area contributed by atoms with Crippen LogP contribution in [0.15, 0.2) is 54.9 Å². The molecule has 30 heavy (non-hydrogen) atoms. The van der Waals surface area contributed by atoms with Gasteiger partial charge < -0.3 is 20.5 Å². The molecule has 0 saturated heterocycles. The molecule has 0 fully saturated rings. The minimum Gasteiger partial charge on any atom is -0.496 e. The highest BCUT2D eigenvalue weighted by molar-refractivity contribution is 5.93. The summed E-state index contributed by atoms with van der Waals surface area (Å²) < 4.78 is 19.8. The first-order valence-corrected chi connectivity index (χ1v) is 9.68. The second-order valence-corrected chi connectivity index (χ2v) is 7.09. The number of carboxylic acid groups (broad SMARTS) is 1. The van der Waals surface area contributed by atoms with Gasteiger partial charge in [0.15, 0.2) is 0 Å². The lowest BCUT2D eigenvalue weighted by Gasteiger charge is -2.28. The van der Waals surface area contributed by atoms with E-state index in [1.54, 1.807) is 12.1 Å². The molecule has 0 radical (unpaired) electrons. The van der Waals surface area contributed by atoms with Gasteiger partial charge in [-0.15, -0.1) is 0 Å². The van der Waals surface area contributed by atoms with Crippen LogP contribution in [0.4, 0.5) is 10.1 Å². The zero-order valence-corrected chi connectivity index (χ0v) is 16.5. The number of ether oxygens (including phenoxy) is 1. The SMILES string of the molecule is COc1cccc(F)c1-c1ccc2c(c1)CCN[C@@H]2CNc1cnccc1C(=O)O. The third-order valence-corrected chi connectivity index (χ3v) is 5.34. The number of hydrogen-bond acceptors (Lipinski definition) is 5. The van der Waals surface area contributed by atoms with Crippen LogP contribution in [-0.4, -0.2) is 36.3 Å². The summed E-state index contributed by atoms with van der Waals surface area (Å²) in [4.78, 5) is 15.4. The van der Waals surface area contributed by atoms with E-state index in [9.17, 15) is 14.3 Å². The largest absolute Gasteiger partial charge is 0.496 e. The summed E-state index contributed by atoms with van der Waals surface area (Å²) in [5.41, 5.74) is 4.13. The quantitative estimate of drug-likeness (QED) is 0.575. The molecule has 0 aliphatic carbocycles. The fourth-order valence-electron chi connectivity index (χ4n) is 3.88. The van der Waals surface area contributed by atoms with Crippen molar-refractivity contribution in [2.45, 2.75) is 12.5 Å². The first-order valence-electron chi connectivity index (χ1n) is 9.68. The van der Waals surface area contributed by atoms with Gasteiger partial charge in [-0.25, -0.2) is 9.18 Å². The van der Waals surface area contributed by atoms with E-state index in [-0.39, 0.29) is 17.4 Å². The van der Waals surface area contributed by atoms with Gasteiger partial charge in [0.2, 0.25) is 0 Å². The van der Waals surface area contributed by atoms with Crippen LogP contribution in [0.3, 0.4) is 0 Å². The van der Waals surface area contributed by atoms with Crippen molar-refractivity contribution in [3.63, 3.8) is 0 Å². The molecule has 0 saturated carbocycles. The van der Waals surface area contributed by atoms with Gasteiger partial charge in [-0.2, -0.15) is 0 Å². The van der Waals surface area contributed by atoms with Crippen LogP contribution in [-0.2, 0) is 6.42 Å². The Hall–Kier alpha value is -3.45. The lowest BCUT2D eigenvalue weighted by atomic mass is 9.90. The van der Waals surface area contributed by atoms with Crippen LogP contribution in [0.1, 0.15) is 27.5 Å². The van der Waals surface area contributed by atoms with Crippen LogP contribution < -0.4 is 15.4 Å². The third-order valence-electron chi connectivity index (χ3n) is 5.34. The smallest absolute Gasteiger partial charge is 0.337 e. The van der Waals surface area contributed by atoms with Gasteiger partial charge in [0, 0.05) is 18.8 Å². The monoisotopic (exact) mass is 407 g/mol. The van der Waals surface area contributed by atoms with Crippen molar-refractivity contribution in [2.75, 3.05) is 25.5 Å². The number of anilines is 1. The molecule has 0 spiro atoms. The molecule has 1 aliphatic heterocycles. The van der Waals surface area contributed by atoms with E-state index < -0.39 is 5.97 Å². The van der Waals surface area contributed by atoms with Gasteiger partial charge in [0.25, 0.3) is 0 Å². The molecule has 2 aromatic carbocycles. The van der Waals surface area contributed by atoms with Crippen molar-refractivity contribution < 1.29 is 19.0 Å². The topological polar surface area (TPSA) is 83.5 Å². The Balaban J connectivity index is 1.60. The summed E-state index contributed by atoms with van der Waals surface area (Å²) in [6.07, 6.45) is 3.80. The molecule has 4 rings (SSSR count). The molecule has 0 unspecified atom stereocenters. The number of aromatic nitrogens is 1. The Bertz CT molecular complexity index is 1090. The lowest BCUT2D eigenvalue weighted by molar-refractivity contribution is 0.0697. The Morgan fingerprint density at radius 1 is 1.33 bits per heavy atom. The second-order valence-electron chi connectivity index (χ2n) is 7.09. The molecule has 154 valence electrons. The number of carbonyl (C=O) groups is 1. The fourth-order valence-corrected chi connectivity index (χ4v) is 3.88. The molecule has 3 aromatic rings. The maximum absolute atomic E-state index is 14.5. The Kier molecular flexibility index (Phi) is 5.63. The van der Waals surface area contributed by atoms with E-state index in [1.165, 1.54) is 31.6 Å². The molecule has 0 amide bonds. The molecular formula is C23H22FN3O3. The average molecular weight is 407 g/mol. The molecule has 2 heterocycles. The van der Waals surface area contributed by atoms with Crippen molar-refractivity contribution in [1.29, 1.82) is 0 Å². The van der Waals surface area contributed by atoms with E-state index in [4.69, 9.17) is 4.74 Å². The van der Waals surface area contributed by atoms with Crippen molar-refractivity contribution in [2.24, 2.45) is 0 Å². The Labute approximate surface area is 173 Å². The normalized spacial score (nSPS) is 15.3. The zero-order chi connectivity index (χ0) is 21.1. The molecule has 1 aromatic heterocycles. The number of nitrogens with zero attached hydrogens (tertiary/aromatic N) is 1. The molecule has 6 nitrogen and oxygen atoms in total. The number of benzene rings is 2. The van der Waals surface area contributed by atoms with Gasteiger partial charge in [-0.05, 0) is 47.9 Å². The van der Waals surface area contributed by atoms with E-state index in [2.05, 4.69) is 15.6 Å². The summed E-state index contributed by atoms with van der Waals surface area (Å²) in [6, 6.07) is 12.2. The molecule has 7 heteroatoms. The highest BCUT2D eigenvalue weighted by Gasteiger charge is 2.22. The summed E-state index contributed by atoms with van der Waals surface area (Å²) in [5, 5.41) is 16.0. The number of carboxylic acids is 1. The van der Waals surface area contributed by atoms with Crippen LogP contribution >= 0.6 is 0 Å². The van der Waals surface area contributed by atoms with Gasteiger partial charge in [0.1, 0.15) is 11.6 Å². The van der Waals surface area contributed by atoms with Crippen molar-refractivity contribution in [3.05, 3.63) is 77.4 Å². The van der Waals surface area contributed by atoms with Gasteiger partial charge >= 0.3 is 5.97 Å². The average Bonchev–Trinajstić information content (AvgIpc) is 2.77. The van der Waals surface area contributed by atoms with E-state index >= 15 is 0 Å². The summed E-state index contributed by atoms with van der Waals surface area (Å²) in [7, 11) is 1.53. The number of pyridine rings is 1.